The molecule has 2 heterocycles. The zero-order chi connectivity index (χ0) is 14.5. The van der Waals surface area contributed by atoms with Gasteiger partial charge in [-0.1, -0.05) is 0 Å². The van der Waals surface area contributed by atoms with Gasteiger partial charge in [-0.25, -0.2) is 0 Å². The van der Waals surface area contributed by atoms with Crippen LogP contribution in [0, 0.1) is 6.92 Å². The number of amides is 1. The topological polar surface area (TPSA) is 32.3 Å². The van der Waals surface area contributed by atoms with E-state index in [9.17, 15) is 4.79 Å². The van der Waals surface area contributed by atoms with E-state index in [-0.39, 0.29) is 16.5 Å². The number of carbonyl (C=O) groups is 1. The van der Waals surface area contributed by atoms with Crippen molar-refractivity contribution < 1.29 is 4.79 Å². The molecule has 1 aromatic heterocycles. The van der Waals surface area contributed by atoms with E-state index in [0.717, 1.165) is 19.4 Å². The number of hydrogen-bond acceptors (Lipinski definition) is 4. The molecule has 0 bridgehead atoms. The Morgan fingerprint density at radius 3 is 2.70 bits per heavy atom. The van der Waals surface area contributed by atoms with E-state index in [1.807, 2.05) is 11.8 Å². The molecule has 1 aliphatic carbocycles. The summed E-state index contributed by atoms with van der Waals surface area (Å²) in [5, 5.41) is 3.60. The number of carbonyl (C=O) groups excluding carboxylic acids is 1. The maximum absolute atomic E-state index is 12.7. The van der Waals surface area contributed by atoms with E-state index >= 15 is 0 Å². The van der Waals surface area contributed by atoms with Crippen LogP contribution in [0.1, 0.15) is 42.6 Å². The highest BCUT2D eigenvalue weighted by Crippen LogP contribution is 2.47. The van der Waals surface area contributed by atoms with Gasteiger partial charge in [-0.3, -0.25) is 10.1 Å². The van der Waals surface area contributed by atoms with Crippen molar-refractivity contribution in [2.45, 2.75) is 50.1 Å². The molecule has 1 saturated carbocycles. The van der Waals surface area contributed by atoms with Crippen LogP contribution >= 0.6 is 23.1 Å². The minimum absolute atomic E-state index is 0.0649. The molecule has 110 valence electrons. The van der Waals surface area contributed by atoms with Gasteiger partial charge in [-0.05, 0) is 52.0 Å². The molecule has 1 N–H and O–H groups in total. The molecule has 1 unspecified atom stereocenters. The molecule has 2 fully saturated rings. The first-order valence-electron chi connectivity index (χ1n) is 7.07. The Labute approximate surface area is 129 Å². The number of thiophene rings is 1. The lowest BCUT2D eigenvalue weighted by Crippen LogP contribution is -2.40. The van der Waals surface area contributed by atoms with Crippen molar-refractivity contribution in [3.63, 3.8) is 0 Å². The second kappa shape index (κ2) is 4.75. The van der Waals surface area contributed by atoms with Crippen molar-refractivity contribution in [1.82, 2.24) is 10.2 Å². The third-order valence-corrected chi connectivity index (χ3v) is 6.57. The average Bonchev–Trinajstić information content (AvgIpc) is 2.99. The predicted molar refractivity (Wildman–Crippen MR) is 86.2 cm³/mol. The lowest BCUT2D eigenvalue weighted by atomic mass is 10.1. The van der Waals surface area contributed by atoms with E-state index in [1.165, 1.54) is 9.75 Å². The van der Waals surface area contributed by atoms with Crippen LogP contribution in [-0.4, -0.2) is 33.9 Å². The smallest absolute Gasteiger partial charge is 0.244 e. The van der Waals surface area contributed by atoms with E-state index < -0.39 is 0 Å². The summed E-state index contributed by atoms with van der Waals surface area (Å²) in [6.07, 6.45) is 4.16. The fourth-order valence-electron chi connectivity index (χ4n) is 2.74. The van der Waals surface area contributed by atoms with Crippen LogP contribution < -0.4 is 5.32 Å². The Balaban J connectivity index is 1.89. The van der Waals surface area contributed by atoms with Gasteiger partial charge in [0.15, 0.2) is 0 Å². The molecular weight excluding hydrogens is 288 g/mol. The lowest BCUT2D eigenvalue weighted by Gasteiger charge is -2.32. The van der Waals surface area contributed by atoms with E-state index in [1.54, 1.807) is 11.3 Å². The first-order valence-corrected chi connectivity index (χ1v) is 9.11. The van der Waals surface area contributed by atoms with Crippen molar-refractivity contribution in [3.05, 3.63) is 21.9 Å². The Morgan fingerprint density at radius 1 is 1.50 bits per heavy atom. The van der Waals surface area contributed by atoms with Crippen LogP contribution in [0.3, 0.4) is 0 Å². The Morgan fingerprint density at radius 2 is 2.20 bits per heavy atom. The zero-order valence-corrected chi connectivity index (χ0v) is 14.2. The normalized spacial score (nSPS) is 24.7. The minimum Gasteiger partial charge on any atom is -0.319 e. The Hall–Kier alpha value is -0.520. The summed E-state index contributed by atoms with van der Waals surface area (Å²) in [7, 11) is 0. The van der Waals surface area contributed by atoms with Crippen molar-refractivity contribution in [1.29, 1.82) is 0 Å². The van der Waals surface area contributed by atoms with Gasteiger partial charge in [-0.15, -0.1) is 11.3 Å². The highest BCUT2D eigenvalue weighted by molar-refractivity contribution is 7.99. The first kappa shape index (κ1) is 14.4. The van der Waals surface area contributed by atoms with Crippen LogP contribution in [0.15, 0.2) is 12.1 Å². The van der Waals surface area contributed by atoms with E-state index in [2.05, 4.69) is 49.4 Å². The molecule has 2 aliphatic rings. The molecule has 0 aromatic carbocycles. The summed E-state index contributed by atoms with van der Waals surface area (Å²) in [5.41, 5.74) is -0.239. The number of hydrogen-bond donors (Lipinski definition) is 1. The van der Waals surface area contributed by atoms with Crippen LogP contribution in [0.4, 0.5) is 0 Å². The van der Waals surface area contributed by atoms with Crippen LogP contribution in [0.25, 0.3) is 0 Å². The van der Waals surface area contributed by atoms with Gasteiger partial charge in [0, 0.05) is 21.0 Å². The largest absolute Gasteiger partial charge is 0.319 e. The molecule has 3 nitrogen and oxygen atoms in total. The van der Waals surface area contributed by atoms with Crippen LogP contribution in [0.2, 0.25) is 0 Å². The van der Waals surface area contributed by atoms with Gasteiger partial charge in [0.05, 0.1) is 0 Å². The van der Waals surface area contributed by atoms with Gasteiger partial charge >= 0.3 is 0 Å². The first-order chi connectivity index (χ1) is 9.37. The lowest BCUT2D eigenvalue weighted by molar-refractivity contribution is -0.131. The number of nitrogens with zero attached hydrogens (tertiary/aromatic N) is 1. The third-order valence-electron chi connectivity index (χ3n) is 4.28. The molecule has 1 atom stereocenters. The summed E-state index contributed by atoms with van der Waals surface area (Å²) in [6.45, 7) is 7.33. The molecule has 5 heteroatoms. The molecule has 1 aromatic rings. The molecule has 3 rings (SSSR count). The van der Waals surface area contributed by atoms with E-state index in [0.29, 0.717) is 5.91 Å². The Kier molecular flexibility index (Phi) is 3.42. The second-order valence-corrected chi connectivity index (χ2v) is 9.31. The summed E-state index contributed by atoms with van der Waals surface area (Å²) in [4.78, 5) is 17.4. The number of thioether (sulfide) groups is 1. The maximum atomic E-state index is 12.7. The molecule has 0 radical (unpaired) electrons. The highest BCUT2D eigenvalue weighted by atomic mass is 32.2. The van der Waals surface area contributed by atoms with Gasteiger partial charge in [-0.2, -0.15) is 11.8 Å². The number of aryl methyl sites for hydroxylation is 1. The summed E-state index contributed by atoms with van der Waals surface area (Å²) >= 11 is 3.61. The molecule has 1 aliphatic heterocycles. The maximum Gasteiger partial charge on any atom is 0.244 e. The number of nitrogens with one attached hydrogen (secondary N) is 1. The van der Waals surface area contributed by atoms with Crippen molar-refractivity contribution >= 4 is 29.0 Å². The van der Waals surface area contributed by atoms with Crippen molar-refractivity contribution in [3.8, 4) is 0 Å². The van der Waals surface area contributed by atoms with Gasteiger partial charge in [0.25, 0.3) is 0 Å². The molecule has 1 amide bonds. The summed E-state index contributed by atoms with van der Waals surface area (Å²) in [6, 6.07) is 4.30. The molecule has 20 heavy (non-hydrogen) atoms. The summed E-state index contributed by atoms with van der Waals surface area (Å²) in [5.74, 6) is 0.302. The second-order valence-electron chi connectivity index (χ2n) is 6.47. The van der Waals surface area contributed by atoms with Crippen LogP contribution in [0.5, 0.6) is 0 Å². The van der Waals surface area contributed by atoms with Gasteiger partial charge in [0.2, 0.25) is 5.91 Å². The molecular formula is C15H22N2OS2. The third kappa shape index (κ3) is 2.40. The Bertz CT molecular complexity index is 534. The highest BCUT2D eigenvalue weighted by Gasteiger charge is 2.60. The van der Waals surface area contributed by atoms with Crippen molar-refractivity contribution in [2.75, 3.05) is 12.8 Å². The SMILES string of the molecule is CSC(C)(C)CN1C(=O)C2(CC2)NC1c1ccc(C)s1. The minimum atomic E-state index is -0.239. The average molecular weight is 310 g/mol. The number of rotatable bonds is 4. The predicted octanol–water partition coefficient (Wildman–Crippen LogP) is 3.16. The van der Waals surface area contributed by atoms with Crippen molar-refractivity contribution in [2.24, 2.45) is 0 Å². The van der Waals surface area contributed by atoms with Gasteiger partial charge in [0.1, 0.15) is 11.7 Å². The standard InChI is InChI=1S/C15H22N2OS2/c1-10-5-6-11(20-10)12-16-15(7-8-15)13(18)17(12)9-14(2,3)19-4/h5-6,12,16H,7-9H2,1-4H3. The monoisotopic (exact) mass is 310 g/mol. The fourth-order valence-corrected chi connectivity index (χ4v) is 3.95. The summed E-state index contributed by atoms with van der Waals surface area (Å²) < 4.78 is 0.0856. The molecule has 1 spiro atoms. The van der Waals surface area contributed by atoms with Crippen LogP contribution in [-0.2, 0) is 4.79 Å². The molecule has 1 saturated heterocycles. The van der Waals surface area contributed by atoms with E-state index in [4.69, 9.17) is 0 Å². The van der Waals surface area contributed by atoms with Gasteiger partial charge < -0.3 is 4.90 Å². The zero-order valence-electron chi connectivity index (χ0n) is 12.5. The fraction of sp³-hybridized carbons (Fsp3) is 0.667. The quantitative estimate of drug-likeness (QED) is 0.927.